The molecule has 0 fully saturated rings. The number of nitrogens with zero attached hydrogens (tertiary/aromatic N) is 1. The highest BCUT2D eigenvalue weighted by atomic mass is 16.5. The van der Waals surface area contributed by atoms with Gasteiger partial charge in [0.05, 0.1) is 23.5 Å². The number of amides is 1. The first-order chi connectivity index (χ1) is 12.6. The molecule has 3 rings (SSSR count). The number of pyridine rings is 1. The summed E-state index contributed by atoms with van der Waals surface area (Å²) in [6.07, 6.45) is 0.466. The van der Waals surface area contributed by atoms with Crippen molar-refractivity contribution < 1.29 is 9.53 Å². The van der Waals surface area contributed by atoms with Gasteiger partial charge in [-0.2, -0.15) is 0 Å². The fourth-order valence-electron chi connectivity index (χ4n) is 2.80. The zero-order chi connectivity index (χ0) is 18.5. The standard InChI is InChI=1S/C20H20N4O2/c1-3-26-14-8-9-16-17(10-14)23-18(15-7-5-4-6-13(15)2)11-19(16)24-20(21)22-12-25/h4-12H,3H2,1-2H3,(H3,21,22,23,24,25). The molecule has 6 heteroatoms. The van der Waals surface area contributed by atoms with Crippen LogP contribution in [0.1, 0.15) is 12.5 Å². The first-order valence-corrected chi connectivity index (χ1v) is 8.31. The van der Waals surface area contributed by atoms with Gasteiger partial charge >= 0.3 is 0 Å². The molecule has 26 heavy (non-hydrogen) atoms. The summed E-state index contributed by atoms with van der Waals surface area (Å²) in [7, 11) is 0. The molecule has 1 heterocycles. The molecule has 2 aromatic carbocycles. The van der Waals surface area contributed by atoms with E-state index in [-0.39, 0.29) is 5.96 Å². The van der Waals surface area contributed by atoms with Gasteiger partial charge in [0.2, 0.25) is 6.41 Å². The zero-order valence-corrected chi connectivity index (χ0v) is 14.7. The second-order valence-corrected chi connectivity index (χ2v) is 5.74. The first kappa shape index (κ1) is 17.4. The summed E-state index contributed by atoms with van der Waals surface area (Å²) in [5.74, 6) is 0.638. The Labute approximate surface area is 151 Å². The van der Waals surface area contributed by atoms with E-state index in [0.717, 1.165) is 33.5 Å². The van der Waals surface area contributed by atoms with E-state index in [0.29, 0.717) is 18.7 Å². The van der Waals surface area contributed by atoms with Crippen molar-refractivity contribution >= 4 is 29.0 Å². The molecule has 0 radical (unpaired) electrons. The number of benzene rings is 2. The Balaban J connectivity index is 2.17. The number of carbonyl (C=O) groups excluding carboxylic acids is 1. The molecule has 3 N–H and O–H groups in total. The van der Waals surface area contributed by atoms with Crippen LogP contribution in [-0.2, 0) is 4.79 Å². The summed E-state index contributed by atoms with van der Waals surface area (Å²) in [6.45, 7) is 4.53. The Kier molecular flexibility index (Phi) is 5.12. The predicted octanol–water partition coefficient (Wildman–Crippen LogP) is 3.70. The van der Waals surface area contributed by atoms with Crippen LogP contribution in [0.15, 0.2) is 48.5 Å². The van der Waals surface area contributed by atoms with Gasteiger partial charge in [-0.3, -0.25) is 15.5 Å². The highest BCUT2D eigenvalue weighted by Crippen LogP contribution is 2.31. The topological polar surface area (TPSA) is 87.1 Å². The predicted molar refractivity (Wildman–Crippen MR) is 104 cm³/mol. The summed E-state index contributed by atoms with van der Waals surface area (Å²) in [6, 6.07) is 15.5. The van der Waals surface area contributed by atoms with Gasteiger partial charge in [0, 0.05) is 17.0 Å². The molecule has 0 atom stereocenters. The van der Waals surface area contributed by atoms with Gasteiger partial charge in [-0.05, 0) is 37.6 Å². The fraction of sp³-hybridized carbons (Fsp3) is 0.150. The molecule has 0 aliphatic rings. The number of guanidine groups is 1. The number of ether oxygens (including phenoxy) is 1. The Morgan fingerprint density at radius 1 is 1.23 bits per heavy atom. The van der Waals surface area contributed by atoms with E-state index in [2.05, 4.69) is 10.6 Å². The molecule has 0 bridgehead atoms. The Morgan fingerprint density at radius 2 is 2.04 bits per heavy atom. The van der Waals surface area contributed by atoms with Gasteiger partial charge in [-0.1, -0.05) is 24.3 Å². The van der Waals surface area contributed by atoms with Crippen molar-refractivity contribution in [1.82, 2.24) is 10.3 Å². The molecule has 1 aromatic heterocycles. The number of aryl methyl sites for hydroxylation is 1. The average molecular weight is 348 g/mol. The van der Waals surface area contributed by atoms with E-state index in [9.17, 15) is 4.79 Å². The Bertz CT molecular complexity index is 969. The van der Waals surface area contributed by atoms with Gasteiger partial charge < -0.3 is 10.1 Å². The average Bonchev–Trinajstić information content (AvgIpc) is 2.62. The summed E-state index contributed by atoms with van der Waals surface area (Å²) < 4.78 is 5.58. The lowest BCUT2D eigenvalue weighted by Crippen LogP contribution is -2.28. The zero-order valence-electron chi connectivity index (χ0n) is 14.7. The molecule has 0 spiro atoms. The first-order valence-electron chi connectivity index (χ1n) is 8.31. The number of aromatic nitrogens is 1. The maximum absolute atomic E-state index is 10.6. The van der Waals surface area contributed by atoms with Crippen molar-refractivity contribution in [2.45, 2.75) is 13.8 Å². The second kappa shape index (κ2) is 7.65. The number of anilines is 1. The summed E-state index contributed by atoms with van der Waals surface area (Å²) in [4.78, 5) is 15.4. The minimum absolute atomic E-state index is 0.0999. The van der Waals surface area contributed by atoms with Gasteiger partial charge in [0.25, 0.3) is 0 Å². The fourth-order valence-corrected chi connectivity index (χ4v) is 2.80. The van der Waals surface area contributed by atoms with Crippen LogP contribution in [0.25, 0.3) is 22.2 Å². The largest absolute Gasteiger partial charge is 0.494 e. The highest BCUT2D eigenvalue weighted by molar-refractivity contribution is 6.05. The number of nitrogens with one attached hydrogen (secondary N) is 3. The highest BCUT2D eigenvalue weighted by Gasteiger charge is 2.11. The van der Waals surface area contributed by atoms with Crippen LogP contribution in [0.5, 0.6) is 5.75 Å². The molecule has 6 nitrogen and oxygen atoms in total. The third-order valence-electron chi connectivity index (χ3n) is 3.98. The van der Waals surface area contributed by atoms with E-state index in [1.54, 1.807) is 0 Å². The summed E-state index contributed by atoms with van der Waals surface area (Å²) in [5, 5.41) is 13.9. The molecule has 1 amide bonds. The molecule has 3 aromatic rings. The van der Waals surface area contributed by atoms with Crippen molar-refractivity contribution in [1.29, 1.82) is 5.41 Å². The van der Waals surface area contributed by atoms with Crippen LogP contribution < -0.4 is 15.4 Å². The minimum atomic E-state index is -0.0999. The summed E-state index contributed by atoms with van der Waals surface area (Å²) in [5.41, 5.74) is 4.33. The van der Waals surface area contributed by atoms with E-state index < -0.39 is 0 Å². The van der Waals surface area contributed by atoms with Crippen molar-refractivity contribution in [2.24, 2.45) is 0 Å². The number of hydrogen-bond acceptors (Lipinski definition) is 4. The molecule has 0 saturated carbocycles. The lowest BCUT2D eigenvalue weighted by molar-refractivity contribution is -0.108. The van der Waals surface area contributed by atoms with E-state index >= 15 is 0 Å². The van der Waals surface area contributed by atoms with Crippen LogP contribution in [0.3, 0.4) is 0 Å². The number of fused-ring (bicyclic) bond motifs is 1. The molecule has 0 unspecified atom stereocenters. The monoisotopic (exact) mass is 348 g/mol. The number of rotatable bonds is 5. The molecular weight excluding hydrogens is 328 g/mol. The quantitative estimate of drug-likeness (QED) is 0.373. The smallest absolute Gasteiger partial charge is 0.213 e. The van der Waals surface area contributed by atoms with Crippen molar-refractivity contribution in [2.75, 3.05) is 11.9 Å². The molecule has 0 aliphatic carbocycles. The molecule has 0 saturated heterocycles. The van der Waals surface area contributed by atoms with Gasteiger partial charge in [0.15, 0.2) is 5.96 Å². The van der Waals surface area contributed by atoms with Gasteiger partial charge in [-0.15, -0.1) is 0 Å². The number of carbonyl (C=O) groups is 1. The lowest BCUT2D eigenvalue weighted by Gasteiger charge is -2.14. The number of hydrogen-bond donors (Lipinski definition) is 3. The van der Waals surface area contributed by atoms with Crippen molar-refractivity contribution in [3.05, 3.63) is 54.1 Å². The molecule has 132 valence electrons. The van der Waals surface area contributed by atoms with E-state index in [1.165, 1.54) is 0 Å². The minimum Gasteiger partial charge on any atom is -0.494 e. The second-order valence-electron chi connectivity index (χ2n) is 5.74. The molecular formula is C20H20N4O2. The maximum atomic E-state index is 10.6. The van der Waals surface area contributed by atoms with E-state index in [1.807, 2.05) is 62.4 Å². The van der Waals surface area contributed by atoms with Gasteiger partial charge in [0.1, 0.15) is 5.75 Å². The van der Waals surface area contributed by atoms with Crippen molar-refractivity contribution in [3.8, 4) is 17.0 Å². The van der Waals surface area contributed by atoms with E-state index in [4.69, 9.17) is 15.1 Å². The van der Waals surface area contributed by atoms with Crippen LogP contribution >= 0.6 is 0 Å². The third-order valence-corrected chi connectivity index (χ3v) is 3.98. The van der Waals surface area contributed by atoms with Crippen molar-refractivity contribution in [3.63, 3.8) is 0 Å². The normalized spacial score (nSPS) is 10.4. The third kappa shape index (κ3) is 3.64. The molecule has 0 aliphatic heterocycles. The Hall–Kier alpha value is -3.41. The van der Waals surface area contributed by atoms with Crippen LogP contribution in [0.4, 0.5) is 5.69 Å². The van der Waals surface area contributed by atoms with Gasteiger partial charge in [-0.25, -0.2) is 4.98 Å². The summed E-state index contributed by atoms with van der Waals surface area (Å²) >= 11 is 0. The SMILES string of the molecule is CCOc1ccc2c(NC(=N)NC=O)cc(-c3ccccc3C)nc2c1. The Morgan fingerprint density at radius 3 is 2.77 bits per heavy atom. The lowest BCUT2D eigenvalue weighted by atomic mass is 10.0. The van der Waals surface area contributed by atoms with Crippen LogP contribution in [0, 0.1) is 12.3 Å². The maximum Gasteiger partial charge on any atom is 0.213 e. The van der Waals surface area contributed by atoms with Crippen LogP contribution in [0.2, 0.25) is 0 Å². The van der Waals surface area contributed by atoms with Crippen LogP contribution in [-0.4, -0.2) is 24.0 Å².